The van der Waals surface area contributed by atoms with Crippen molar-refractivity contribution in [2.75, 3.05) is 7.11 Å². The average molecular weight is 402 g/mol. The van der Waals surface area contributed by atoms with Crippen LogP contribution < -0.4 is 4.74 Å². The number of benzene rings is 1. The molecule has 1 aromatic carbocycles. The molecule has 2 aliphatic rings. The normalized spacial score (nSPS) is 22.1. The highest BCUT2D eigenvalue weighted by Gasteiger charge is 2.45. The smallest absolute Gasteiger partial charge is 0.278 e. The molecule has 1 fully saturated rings. The standard InChI is InChI=1S/C24H22N2O4/c1-28-20-11-3-2-9-18(20)24(27)26-23(21-12-6-14-30-21)19-10-4-7-16(22(19)25-26)15-17-8-5-13-29-17/h2-3,5-6,8-9,11-15,19,23H,4,7,10H2,1H3. The first-order valence-electron chi connectivity index (χ1n) is 10.1. The number of rotatable bonds is 4. The molecule has 3 aromatic rings. The van der Waals surface area contributed by atoms with Gasteiger partial charge in [-0.15, -0.1) is 0 Å². The van der Waals surface area contributed by atoms with Crippen LogP contribution in [0.5, 0.6) is 5.75 Å². The van der Waals surface area contributed by atoms with Crippen LogP contribution in [0.3, 0.4) is 0 Å². The van der Waals surface area contributed by atoms with Crippen molar-refractivity contribution in [2.24, 2.45) is 11.0 Å². The molecule has 1 amide bonds. The summed E-state index contributed by atoms with van der Waals surface area (Å²) in [5.74, 6) is 1.93. The van der Waals surface area contributed by atoms with Crippen LogP contribution in [0.4, 0.5) is 0 Å². The summed E-state index contributed by atoms with van der Waals surface area (Å²) in [6, 6.07) is 14.5. The Morgan fingerprint density at radius 3 is 2.73 bits per heavy atom. The van der Waals surface area contributed by atoms with Crippen LogP contribution in [-0.2, 0) is 0 Å². The van der Waals surface area contributed by atoms with Crippen molar-refractivity contribution in [1.82, 2.24) is 5.01 Å². The number of allylic oxidation sites excluding steroid dienone is 1. The summed E-state index contributed by atoms with van der Waals surface area (Å²) in [5.41, 5.74) is 2.52. The van der Waals surface area contributed by atoms with Gasteiger partial charge in [0.05, 0.1) is 30.9 Å². The minimum Gasteiger partial charge on any atom is -0.496 e. The largest absolute Gasteiger partial charge is 0.496 e. The van der Waals surface area contributed by atoms with Gasteiger partial charge in [-0.3, -0.25) is 4.79 Å². The second kappa shape index (κ2) is 7.71. The Hall–Kier alpha value is -3.54. The monoisotopic (exact) mass is 402 g/mol. The van der Waals surface area contributed by atoms with Crippen molar-refractivity contribution in [3.63, 3.8) is 0 Å². The lowest BCUT2D eigenvalue weighted by Gasteiger charge is -2.28. The summed E-state index contributed by atoms with van der Waals surface area (Å²) in [6.07, 6.45) is 8.19. The quantitative estimate of drug-likeness (QED) is 0.592. The van der Waals surface area contributed by atoms with Crippen molar-refractivity contribution in [2.45, 2.75) is 25.3 Å². The van der Waals surface area contributed by atoms with Gasteiger partial charge in [0.1, 0.15) is 23.3 Å². The molecule has 0 bridgehead atoms. The minimum atomic E-state index is -0.285. The Balaban J connectivity index is 1.59. The van der Waals surface area contributed by atoms with Crippen LogP contribution in [0.25, 0.3) is 6.08 Å². The Kier molecular flexibility index (Phi) is 4.75. The molecule has 1 aliphatic carbocycles. The molecule has 1 aliphatic heterocycles. The summed E-state index contributed by atoms with van der Waals surface area (Å²) < 4.78 is 16.7. The van der Waals surface area contributed by atoms with E-state index in [4.69, 9.17) is 18.7 Å². The zero-order valence-corrected chi connectivity index (χ0v) is 16.7. The van der Waals surface area contributed by atoms with E-state index in [1.165, 1.54) is 0 Å². The maximum Gasteiger partial charge on any atom is 0.278 e. The lowest BCUT2D eigenvalue weighted by Crippen LogP contribution is -2.31. The molecule has 1 saturated carbocycles. The molecule has 2 unspecified atom stereocenters. The van der Waals surface area contributed by atoms with Crippen molar-refractivity contribution in [3.8, 4) is 5.75 Å². The minimum absolute atomic E-state index is 0.0739. The highest BCUT2D eigenvalue weighted by Crippen LogP contribution is 2.45. The number of carbonyl (C=O) groups is 1. The van der Waals surface area contributed by atoms with Crippen LogP contribution in [0, 0.1) is 5.92 Å². The molecule has 5 rings (SSSR count). The molecule has 2 atom stereocenters. The Morgan fingerprint density at radius 1 is 1.13 bits per heavy atom. The summed E-state index contributed by atoms with van der Waals surface area (Å²) in [6.45, 7) is 0. The summed E-state index contributed by atoms with van der Waals surface area (Å²) in [4.78, 5) is 13.6. The number of furan rings is 2. The SMILES string of the molecule is COc1ccccc1C(=O)N1N=C2C(=Cc3ccco3)CCCC2C1c1ccco1. The summed E-state index contributed by atoms with van der Waals surface area (Å²) in [7, 11) is 1.57. The van der Waals surface area contributed by atoms with Gasteiger partial charge in [-0.05, 0) is 67.3 Å². The van der Waals surface area contributed by atoms with E-state index in [0.717, 1.165) is 42.1 Å². The molecule has 0 N–H and O–H groups in total. The fraction of sp³-hybridized carbons (Fsp3) is 0.250. The molecule has 152 valence electrons. The van der Waals surface area contributed by atoms with Crippen molar-refractivity contribution in [1.29, 1.82) is 0 Å². The highest BCUT2D eigenvalue weighted by atomic mass is 16.5. The van der Waals surface area contributed by atoms with Crippen molar-refractivity contribution < 1.29 is 18.4 Å². The molecule has 2 aromatic heterocycles. The summed E-state index contributed by atoms with van der Waals surface area (Å²) >= 11 is 0. The van der Waals surface area contributed by atoms with Gasteiger partial charge in [-0.1, -0.05) is 12.1 Å². The van der Waals surface area contributed by atoms with Gasteiger partial charge in [0.15, 0.2) is 0 Å². The first kappa shape index (κ1) is 18.5. The van der Waals surface area contributed by atoms with Gasteiger partial charge in [-0.25, -0.2) is 5.01 Å². The van der Waals surface area contributed by atoms with E-state index >= 15 is 0 Å². The van der Waals surface area contributed by atoms with Crippen LogP contribution >= 0.6 is 0 Å². The maximum absolute atomic E-state index is 13.6. The van der Waals surface area contributed by atoms with E-state index in [2.05, 4.69) is 0 Å². The van der Waals surface area contributed by atoms with Gasteiger partial charge >= 0.3 is 0 Å². The number of carbonyl (C=O) groups excluding carboxylic acids is 1. The zero-order chi connectivity index (χ0) is 20.5. The number of amides is 1. The van der Waals surface area contributed by atoms with Crippen molar-refractivity contribution in [3.05, 3.63) is 83.7 Å². The van der Waals surface area contributed by atoms with E-state index in [1.807, 2.05) is 42.5 Å². The van der Waals surface area contributed by atoms with E-state index in [0.29, 0.717) is 11.3 Å². The fourth-order valence-electron chi connectivity index (χ4n) is 4.40. The number of nitrogens with zero attached hydrogens (tertiary/aromatic N) is 2. The van der Waals surface area contributed by atoms with E-state index < -0.39 is 0 Å². The first-order valence-corrected chi connectivity index (χ1v) is 10.1. The topological polar surface area (TPSA) is 68.2 Å². The Bertz CT molecular complexity index is 1100. The Morgan fingerprint density at radius 2 is 1.97 bits per heavy atom. The number of fused-ring (bicyclic) bond motifs is 1. The number of hydrazone groups is 1. The predicted molar refractivity (Wildman–Crippen MR) is 112 cm³/mol. The lowest BCUT2D eigenvalue weighted by molar-refractivity contribution is 0.0653. The highest BCUT2D eigenvalue weighted by molar-refractivity contribution is 6.09. The third kappa shape index (κ3) is 3.14. The fourth-order valence-corrected chi connectivity index (χ4v) is 4.40. The number of ether oxygens (including phenoxy) is 1. The molecule has 6 nitrogen and oxygen atoms in total. The molecule has 6 heteroatoms. The number of para-hydroxylation sites is 1. The zero-order valence-electron chi connectivity index (χ0n) is 16.7. The van der Waals surface area contributed by atoms with Crippen LogP contribution in [0.1, 0.15) is 47.2 Å². The molecular formula is C24H22N2O4. The van der Waals surface area contributed by atoms with Crippen molar-refractivity contribution >= 4 is 17.7 Å². The molecule has 0 spiro atoms. The summed E-state index contributed by atoms with van der Waals surface area (Å²) in [5, 5.41) is 6.40. The molecular weight excluding hydrogens is 380 g/mol. The van der Waals surface area contributed by atoms with Gasteiger partial charge in [0.2, 0.25) is 0 Å². The maximum atomic E-state index is 13.6. The van der Waals surface area contributed by atoms with Crippen LogP contribution in [-0.4, -0.2) is 23.7 Å². The second-order valence-corrected chi connectivity index (χ2v) is 7.48. The Labute approximate surface area is 174 Å². The molecule has 30 heavy (non-hydrogen) atoms. The first-order chi connectivity index (χ1) is 14.8. The predicted octanol–water partition coefficient (Wildman–Crippen LogP) is 5.32. The third-order valence-electron chi connectivity index (χ3n) is 5.74. The molecule has 0 radical (unpaired) electrons. The third-order valence-corrected chi connectivity index (χ3v) is 5.74. The second-order valence-electron chi connectivity index (χ2n) is 7.48. The molecule has 0 saturated heterocycles. The van der Waals surface area contributed by atoms with Crippen LogP contribution in [0.15, 0.2) is 80.6 Å². The lowest BCUT2D eigenvalue weighted by atomic mass is 9.79. The van der Waals surface area contributed by atoms with Gasteiger partial charge in [0, 0.05) is 5.92 Å². The average Bonchev–Trinajstić information content (AvgIpc) is 3.53. The van der Waals surface area contributed by atoms with Gasteiger partial charge in [0.25, 0.3) is 5.91 Å². The van der Waals surface area contributed by atoms with E-state index in [9.17, 15) is 4.79 Å². The molecule has 3 heterocycles. The van der Waals surface area contributed by atoms with Gasteiger partial charge < -0.3 is 13.6 Å². The number of hydrogen-bond donors (Lipinski definition) is 0. The van der Waals surface area contributed by atoms with E-state index in [-0.39, 0.29) is 17.9 Å². The van der Waals surface area contributed by atoms with Crippen LogP contribution in [0.2, 0.25) is 0 Å². The van der Waals surface area contributed by atoms with E-state index in [1.54, 1.807) is 36.8 Å². The number of methoxy groups -OCH3 is 1. The number of hydrogen-bond acceptors (Lipinski definition) is 5. The van der Waals surface area contributed by atoms with Gasteiger partial charge in [-0.2, -0.15) is 5.10 Å².